The maximum Gasteiger partial charge on any atom is 0.335 e. The standard InChI is InChI=1S/C13H17NO2/c1-9(2)6-7-14-11-4-5-12(13(15)16)10(3)8-11/h4-6,8,14H,7H2,1-3H3,(H,15,16). The van der Waals surface area contributed by atoms with Gasteiger partial charge in [-0.15, -0.1) is 0 Å². The normalized spacial score (nSPS) is 9.69. The molecule has 3 nitrogen and oxygen atoms in total. The molecule has 1 aromatic carbocycles. The first-order valence-corrected chi connectivity index (χ1v) is 5.22. The van der Waals surface area contributed by atoms with Crippen molar-refractivity contribution in [2.24, 2.45) is 0 Å². The van der Waals surface area contributed by atoms with Gasteiger partial charge >= 0.3 is 5.97 Å². The smallest absolute Gasteiger partial charge is 0.335 e. The number of benzene rings is 1. The van der Waals surface area contributed by atoms with E-state index < -0.39 is 5.97 Å². The van der Waals surface area contributed by atoms with Gasteiger partial charge in [0.15, 0.2) is 0 Å². The van der Waals surface area contributed by atoms with Crippen molar-refractivity contribution in [2.75, 3.05) is 11.9 Å². The van der Waals surface area contributed by atoms with Gasteiger partial charge in [0.05, 0.1) is 5.56 Å². The number of aryl methyl sites for hydroxylation is 1. The summed E-state index contributed by atoms with van der Waals surface area (Å²) in [5, 5.41) is 12.1. The molecule has 0 radical (unpaired) electrons. The number of carboxylic acid groups (broad SMARTS) is 1. The number of carbonyl (C=O) groups is 1. The van der Waals surface area contributed by atoms with Crippen molar-refractivity contribution in [3.63, 3.8) is 0 Å². The highest BCUT2D eigenvalue weighted by atomic mass is 16.4. The highest BCUT2D eigenvalue weighted by Gasteiger charge is 2.06. The Labute approximate surface area is 95.8 Å². The zero-order valence-corrected chi connectivity index (χ0v) is 9.87. The summed E-state index contributed by atoms with van der Waals surface area (Å²) in [6.07, 6.45) is 2.08. The van der Waals surface area contributed by atoms with Crippen LogP contribution in [0.25, 0.3) is 0 Å². The van der Waals surface area contributed by atoms with Gasteiger partial charge in [-0.25, -0.2) is 4.79 Å². The largest absolute Gasteiger partial charge is 0.478 e. The number of aromatic carboxylic acids is 1. The summed E-state index contributed by atoms with van der Waals surface area (Å²) < 4.78 is 0. The van der Waals surface area contributed by atoms with E-state index in [0.29, 0.717) is 5.56 Å². The number of hydrogen-bond donors (Lipinski definition) is 2. The van der Waals surface area contributed by atoms with Crippen molar-refractivity contribution in [1.82, 2.24) is 0 Å². The fourth-order valence-electron chi connectivity index (χ4n) is 1.39. The van der Waals surface area contributed by atoms with Crippen molar-refractivity contribution >= 4 is 11.7 Å². The Morgan fingerprint density at radius 3 is 2.62 bits per heavy atom. The van der Waals surface area contributed by atoms with Crippen molar-refractivity contribution < 1.29 is 9.90 Å². The molecule has 0 atom stereocenters. The van der Waals surface area contributed by atoms with E-state index in [4.69, 9.17) is 5.11 Å². The van der Waals surface area contributed by atoms with Crippen LogP contribution in [0.1, 0.15) is 29.8 Å². The Bertz CT molecular complexity index is 418. The fourth-order valence-corrected chi connectivity index (χ4v) is 1.39. The van der Waals surface area contributed by atoms with Gasteiger partial charge in [0.2, 0.25) is 0 Å². The van der Waals surface area contributed by atoms with E-state index in [9.17, 15) is 4.79 Å². The molecule has 1 rings (SSSR count). The Morgan fingerprint density at radius 2 is 2.12 bits per heavy atom. The summed E-state index contributed by atoms with van der Waals surface area (Å²) >= 11 is 0. The van der Waals surface area contributed by atoms with Crippen LogP contribution in [0.5, 0.6) is 0 Å². The first-order valence-electron chi connectivity index (χ1n) is 5.22. The maximum atomic E-state index is 10.8. The number of allylic oxidation sites excluding steroid dienone is 1. The predicted octanol–water partition coefficient (Wildman–Crippen LogP) is 3.07. The summed E-state index contributed by atoms with van der Waals surface area (Å²) in [6.45, 7) is 6.64. The van der Waals surface area contributed by atoms with Crippen LogP contribution in [0.4, 0.5) is 5.69 Å². The zero-order valence-electron chi connectivity index (χ0n) is 9.87. The van der Waals surface area contributed by atoms with Crippen LogP contribution in [0.3, 0.4) is 0 Å². The fraction of sp³-hybridized carbons (Fsp3) is 0.308. The molecule has 0 fully saturated rings. The first-order chi connectivity index (χ1) is 7.50. The summed E-state index contributed by atoms with van der Waals surface area (Å²) in [7, 11) is 0. The van der Waals surface area contributed by atoms with E-state index in [1.807, 2.05) is 19.9 Å². The molecule has 0 heterocycles. The highest BCUT2D eigenvalue weighted by molar-refractivity contribution is 5.89. The number of nitrogens with one attached hydrogen (secondary N) is 1. The minimum Gasteiger partial charge on any atom is -0.478 e. The molecule has 3 heteroatoms. The van der Waals surface area contributed by atoms with Crippen molar-refractivity contribution in [1.29, 1.82) is 0 Å². The average Bonchev–Trinajstić information content (AvgIpc) is 2.16. The lowest BCUT2D eigenvalue weighted by atomic mass is 10.1. The molecule has 1 aromatic rings. The molecule has 0 aliphatic heterocycles. The lowest BCUT2D eigenvalue weighted by Gasteiger charge is -2.07. The van der Waals surface area contributed by atoms with E-state index in [0.717, 1.165) is 17.8 Å². The van der Waals surface area contributed by atoms with E-state index in [2.05, 4.69) is 11.4 Å². The van der Waals surface area contributed by atoms with Crippen LogP contribution < -0.4 is 5.32 Å². The van der Waals surface area contributed by atoms with Gasteiger partial charge in [0, 0.05) is 12.2 Å². The molecule has 0 amide bonds. The van der Waals surface area contributed by atoms with Crippen molar-refractivity contribution in [2.45, 2.75) is 20.8 Å². The monoisotopic (exact) mass is 219 g/mol. The third-order valence-corrected chi connectivity index (χ3v) is 2.27. The molecule has 0 aromatic heterocycles. The molecule has 0 bridgehead atoms. The van der Waals surface area contributed by atoms with Gasteiger partial charge in [-0.05, 0) is 44.5 Å². The number of anilines is 1. The predicted molar refractivity (Wildman–Crippen MR) is 66.1 cm³/mol. The molecule has 0 unspecified atom stereocenters. The van der Waals surface area contributed by atoms with Gasteiger partial charge in [0.25, 0.3) is 0 Å². The first kappa shape index (κ1) is 12.3. The van der Waals surface area contributed by atoms with Gasteiger partial charge < -0.3 is 10.4 Å². The van der Waals surface area contributed by atoms with Crippen LogP contribution in [-0.4, -0.2) is 17.6 Å². The van der Waals surface area contributed by atoms with Crippen LogP contribution in [0, 0.1) is 6.92 Å². The van der Waals surface area contributed by atoms with Gasteiger partial charge in [-0.3, -0.25) is 0 Å². The molecule has 0 aliphatic carbocycles. The van der Waals surface area contributed by atoms with Crippen molar-refractivity contribution in [3.8, 4) is 0 Å². The van der Waals surface area contributed by atoms with E-state index in [-0.39, 0.29) is 0 Å². The summed E-state index contributed by atoms with van der Waals surface area (Å²) in [5.41, 5.74) is 3.33. The SMILES string of the molecule is CC(C)=CCNc1ccc(C(=O)O)c(C)c1. The molecule has 16 heavy (non-hydrogen) atoms. The topological polar surface area (TPSA) is 49.3 Å². The number of carboxylic acids is 1. The molecular formula is C13H17NO2. The third-order valence-electron chi connectivity index (χ3n) is 2.27. The molecule has 0 saturated heterocycles. The second-order valence-corrected chi connectivity index (χ2v) is 4.00. The van der Waals surface area contributed by atoms with Gasteiger partial charge in [-0.2, -0.15) is 0 Å². The third kappa shape index (κ3) is 3.42. The van der Waals surface area contributed by atoms with E-state index in [1.165, 1.54) is 5.57 Å². The number of hydrogen-bond acceptors (Lipinski definition) is 2. The Morgan fingerprint density at radius 1 is 1.44 bits per heavy atom. The lowest BCUT2D eigenvalue weighted by Crippen LogP contribution is -2.03. The Hall–Kier alpha value is -1.77. The average molecular weight is 219 g/mol. The highest BCUT2D eigenvalue weighted by Crippen LogP contribution is 2.15. The number of rotatable bonds is 4. The van der Waals surface area contributed by atoms with E-state index >= 15 is 0 Å². The molecule has 86 valence electrons. The molecule has 2 N–H and O–H groups in total. The minimum atomic E-state index is -0.881. The van der Waals surface area contributed by atoms with Gasteiger partial charge in [-0.1, -0.05) is 11.6 Å². The molecular weight excluding hydrogens is 202 g/mol. The Kier molecular flexibility index (Phi) is 4.11. The van der Waals surface area contributed by atoms with Crippen LogP contribution >= 0.6 is 0 Å². The van der Waals surface area contributed by atoms with Crippen LogP contribution in [0.15, 0.2) is 29.8 Å². The second-order valence-electron chi connectivity index (χ2n) is 4.00. The zero-order chi connectivity index (χ0) is 12.1. The molecule has 0 saturated carbocycles. The quantitative estimate of drug-likeness (QED) is 0.765. The van der Waals surface area contributed by atoms with Gasteiger partial charge in [0.1, 0.15) is 0 Å². The summed E-state index contributed by atoms with van der Waals surface area (Å²) in [5.74, 6) is -0.881. The minimum absolute atomic E-state index is 0.354. The van der Waals surface area contributed by atoms with E-state index in [1.54, 1.807) is 19.1 Å². The molecule has 0 spiro atoms. The summed E-state index contributed by atoms with van der Waals surface area (Å²) in [6, 6.07) is 5.26. The Balaban J connectivity index is 2.74. The van der Waals surface area contributed by atoms with Crippen LogP contribution in [0.2, 0.25) is 0 Å². The lowest BCUT2D eigenvalue weighted by molar-refractivity contribution is 0.0696. The van der Waals surface area contributed by atoms with Crippen LogP contribution in [-0.2, 0) is 0 Å². The maximum absolute atomic E-state index is 10.8. The second kappa shape index (κ2) is 5.35. The molecule has 0 aliphatic rings. The van der Waals surface area contributed by atoms with Crippen molar-refractivity contribution in [3.05, 3.63) is 41.0 Å². The summed E-state index contributed by atoms with van der Waals surface area (Å²) in [4.78, 5) is 10.8.